The molecule has 1 unspecified atom stereocenters. The minimum Gasteiger partial charge on any atom is -0.204 e. The van der Waals surface area contributed by atoms with Crippen LogP contribution in [0.25, 0.3) is 0 Å². The summed E-state index contributed by atoms with van der Waals surface area (Å²) in [4.78, 5) is 0. The molecule has 0 radical (unpaired) electrons. The largest absolute Gasteiger partial charge is 0.279 e. The molecule has 1 saturated carbocycles. The van der Waals surface area contributed by atoms with Crippen molar-refractivity contribution < 1.29 is 17.6 Å². The Labute approximate surface area is 141 Å². The van der Waals surface area contributed by atoms with Crippen LogP contribution >= 0.6 is 0 Å². The van der Waals surface area contributed by atoms with Gasteiger partial charge in [-0.05, 0) is 42.7 Å². The van der Waals surface area contributed by atoms with Crippen LogP contribution < -0.4 is 0 Å². The number of rotatable bonds is 5. The average Bonchev–Trinajstić information content (AvgIpc) is 2.83. The second-order valence-corrected chi connectivity index (χ2v) is 7.61. The maximum Gasteiger partial charge on any atom is 0.279 e. The molecule has 2 aliphatic carbocycles. The minimum absolute atomic E-state index is 0.0858. The molecule has 0 N–H and O–H groups in total. The number of alkyl halides is 2. The van der Waals surface area contributed by atoms with Gasteiger partial charge in [-0.3, -0.25) is 0 Å². The van der Waals surface area contributed by atoms with E-state index in [0.29, 0.717) is 5.92 Å². The van der Waals surface area contributed by atoms with Crippen molar-refractivity contribution in [1.29, 1.82) is 0 Å². The van der Waals surface area contributed by atoms with Gasteiger partial charge in [-0.25, -0.2) is 17.6 Å². The third kappa shape index (κ3) is 3.21. The summed E-state index contributed by atoms with van der Waals surface area (Å²) < 4.78 is 56.8. The summed E-state index contributed by atoms with van der Waals surface area (Å²) in [6, 6.07) is 2.30. The van der Waals surface area contributed by atoms with Crippen molar-refractivity contribution in [1.82, 2.24) is 0 Å². The van der Waals surface area contributed by atoms with Crippen LogP contribution in [0, 0.1) is 29.4 Å². The van der Waals surface area contributed by atoms with Crippen LogP contribution in [0.3, 0.4) is 0 Å². The Morgan fingerprint density at radius 1 is 1.04 bits per heavy atom. The van der Waals surface area contributed by atoms with Crippen LogP contribution in [0.5, 0.6) is 0 Å². The van der Waals surface area contributed by atoms with E-state index in [2.05, 4.69) is 6.92 Å². The first-order valence-corrected chi connectivity index (χ1v) is 9.30. The van der Waals surface area contributed by atoms with Crippen molar-refractivity contribution in [3.63, 3.8) is 0 Å². The predicted molar refractivity (Wildman–Crippen MR) is 87.0 cm³/mol. The summed E-state index contributed by atoms with van der Waals surface area (Å²) in [6.45, 7) is 2.18. The zero-order valence-electron chi connectivity index (χ0n) is 14.3. The lowest BCUT2D eigenvalue weighted by Gasteiger charge is -2.35. The molecule has 0 nitrogen and oxygen atoms in total. The molecular formula is C20H26F4. The minimum atomic E-state index is -3.25. The van der Waals surface area contributed by atoms with Gasteiger partial charge < -0.3 is 0 Å². The highest BCUT2D eigenvalue weighted by molar-refractivity contribution is 5.39. The molecule has 0 aliphatic heterocycles. The lowest BCUT2D eigenvalue weighted by atomic mass is 9.72. The third-order valence-electron chi connectivity index (χ3n) is 6.10. The number of hydrogen-bond acceptors (Lipinski definition) is 0. The molecule has 0 heterocycles. The van der Waals surface area contributed by atoms with E-state index in [-0.39, 0.29) is 17.9 Å². The first-order chi connectivity index (χ1) is 11.4. The van der Waals surface area contributed by atoms with Gasteiger partial charge in [-0.1, -0.05) is 51.5 Å². The fourth-order valence-electron chi connectivity index (χ4n) is 4.70. The molecule has 1 atom stereocenters. The maximum atomic E-state index is 14.8. The second kappa shape index (κ2) is 7.05. The van der Waals surface area contributed by atoms with Crippen molar-refractivity contribution in [3.8, 4) is 0 Å². The fourth-order valence-corrected chi connectivity index (χ4v) is 4.70. The van der Waals surface area contributed by atoms with Crippen LogP contribution in [0.15, 0.2) is 12.1 Å². The summed E-state index contributed by atoms with van der Waals surface area (Å²) >= 11 is 0. The molecule has 0 saturated heterocycles. The molecule has 4 heteroatoms. The summed E-state index contributed by atoms with van der Waals surface area (Å²) in [5.41, 5.74) is -0.397. The van der Waals surface area contributed by atoms with Gasteiger partial charge in [0, 0.05) is 5.92 Å². The first-order valence-electron chi connectivity index (χ1n) is 9.30. The lowest BCUT2D eigenvalue weighted by molar-refractivity contribution is -0.0843. The monoisotopic (exact) mass is 342 g/mol. The fraction of sp³-hybridized carbons (Fsp3) is 0.700. The van der Waals surface area contributed by atoms with E-state index in [4.69, 9.17) is 0 Å². The average molecular weight is 342 g/mol. The molecule has 3 rings (SSSR count). The third-order valence-corrected chi connectivity index (χ3v) is 6.10. The standard InChI is InChI=1S/C20H26F4/c1-2-3-4-5-13-6-8-14(9-7-13)16-12-15-10-11-17(21)19(22)18(15)20(16,23)24/h10-11,13-14,16H,2-9,12H2,1H3. The van der Waals surface area contributed by atoms with Gasteiger partial charge in [0.15, 0.2) is 11.6 Å². The Bertz CT molecular complexity index is 573. The van der Waals surface area contributed by atoms with Crippen LogP contribution in [-0.4, -0.2) is 0 Å². The van der Waals surface area contributed by atoms with Gasteiger partial charge in [0.05, 0.1) is 5.56 Å². The highest BCUT2D eigenvalue weighted by Gasteiger charge is 2.53. The summed E-state index contributed by atoms with van der Waals surface area (Å²) in [5.74, 6) is -6.08. The zero-order chi connectivity index (χ0) is 17.3. The lowest BCUT2D eigenvalue weighted by Crippen LogP contribution is -2.31. The Morgan fingerprint density at radius 2 is 1.75 bits per heavy atom. The van der Waals surface area contributed by atoms with Crippen molar-refractivity contribution in [2.24, 2.45) is 17.8 Å². The highest BCUT2D eigenvalue weighted by Crippen LogP contribution is 2.53. The van der Waals surface area contributed by atoms with E-state index in [1.54, 1.807) is 0 Å². The first kappa shape index (κ1) is 17.8. The smallest absolute Gasteiger partial charge is 0.204 e. The number of fused-ring (bicyclic) bond motifs is 1. The van der Waals surface area contributed by atoms with E-state index in [1.165, 1.54) is 31.7 Å². The predicted octanol–water partition coefficient (Wildman–Crippen LogP) is 6.62. The number of unbranched alkanes of at least 4 members (excludes halogenated alkanes) is 2. The molecular weight excluding hydrogens is 316 g/mol. The Balaban J connectivity index is 1.66. The number of halogens is 4. The van der Waals surface area contributed by atoms with Gasteiger partial charge in [-0.2, -0.15) is 0 Å². The van der Waals surface area contributed by atoms with Crippen molar-refractivity contribution >= 4 is 0 Å². The van der Waals surface area contributed by atoms with E-state index in [9.17, 15) is 17.6 Å². The van der Waals surface area contributed by atoms with Crippen LogP contribution in [0.1, 0.15) is 69.4 Å². The normalized spacial score (nSPS) is 28.8. The van der Waals surface area contributed by atoms with Crippen LogP contribution in [0.4, 0.5) is 17.6 Å². The Hall–Kier alpha value is -1.06. The molecule has 1 aromatic rings. The molecule has 1 aromatic carbocycles. The molecule has 0 amide bonds. The van der Waals surface area contributed by atoms with E-state index < -0.39 is 29.0 Å². The van der Waals surface area contributed by atoms with Gasteiger partial charge in [0.25, 0.3) is 5.92 Å². The van der Waals surface area contributed by atoms with E-state index >= 15 is 0 Å². The van der Waals surface area contributed by atoms with Gasteiger partial charge >= 0.3 is 0 Å². The van der Waals surface area contributed by atoms with Gasteiger partial charge in [0.1, 0.15) is 0 Å². The number of hydrogen-bond donors (Lipinski definition) is 0. The molecule has 134 valence electrons. The highest BCUT2D eigenvalue weighted by atomic mass is 19.3. The molecule has 1 fully saturated rings. The Morgan fingerprint density at radius 3 is 2.42 bits per heavy atom. The summed E-state index contributed by atoms with van der Waals surface area (Å²) in [6.07, 6.45) is 8.59. The van der Waals surface area contributed by atoms with Crippen LogP contribution in [0.2, 0.25) is 0 Å². The zero-order valence-corrected chi connectivity index (χ0v) is 14.3. The van der Waals surface area contributed by atoms with Gasteiger partial charge in [-0.15, -0.1) is 0 Å². The second-order valence-electron chi connectivity index (χ2n) is 7.61. The van der Waals surface area contributed by atoms with Crippen LogP contribution in [-0.2, 0) is 12.3 Å². The van der Waals surface area contributed by atoms with Crippen molar-refractivity contribution in [2.75, 3.05) is 0 Å². The molecule has 24 heavy (non-hydrogen) atoms. The van der Waals surface area contributed by atoms with E-state index in [1.807, 2.05) is 0 Å². The molecule has 0 aromatic heterocycles. The molecule has 0 bridgehead atoms. The molecule has 2 aliphatic rings. The quantitative estimate of drug-likeness (QED) is 0.417. The Kier molecular flexibility index (Phi) is 5.22. The topological polar surface area (TPSA) is 0 Å². The molecule has 0 spiro atoms. The summed E-state index contributed by atoms with van der Waals surface area (Å²) in [5, 5.41) is 0. The van der Waals surface area contributed by atoms with Crippen molar-refractivity contribution in [2.45, 2.75) is 70.6 Å². The maximum absolute atomic E-state index is 14.8. The summed E-state index contributed by atoms with van der Waals surface area (Å²) in [7, 11) is 0. The SMILES string of the molecule is CCCCCC1CCC(C2Cc3ccc(F)c(F)c3C2(F)F)CC1. The number of benzene rings is 1. The van der Waals surface area contributed by atoms with Crippen molar-refractivity contribution in [3.05, 3.63) is 34.9 Å². The van der Waals surface area contributed by atoms with E-state index in [0.717, 1.165) is 31.7 Å². The van der Waals surface area contributed by atoms with Gasteiger partial charge in [0.2, 0.25) is 0 Å².